The maximum atomic E-state index is 13.2. The zero-order valence-electron chi connectivity index (χ0n) is 15.8. The van der Waals surface area contributed by atoms with Gasteiger partial charge in [0.2, 0.25) is 5.91 Å². The molecule has 146 valence electrons. The Morgan fingerprint density at radius 2 is 1.62 bits per heavy atom. The Labute approximate surface area is 175 Å². The van der Waals surface area contributed by atoms with E-state index in [0.717, 1.165) is 16.8 Å². The number of hydrogen-bond acceptors (Lipinski definition) is 2. The minimum absolute atomic E-state index is 0.155. The third kappa shape index (κ3) is 4.03. The van der Waals surface area contributed by atoms with Gasteiger partial charge in [0.05, 0.1) is 0 Å². The lowest BCUT2D eigenvalue weighted by Gasteiger charge is -2.25. The Morgan fingerprint density at radius 3 is 2.41 bits per heavy atom. The minimum atomic E-state index is -0.564. The van der Waals surface area contributed by atoms with Crippen molar-refractivity contribution in [3.63, 3.8) is 0 Å². The Hall–Kier alpha value is -3.11. The molecule has 0 saturated heterocycles. The van der Waals surface area contributed by atoms with E-state index in [9.17, 15) is 9.59 Å². The van der Waals surface area contributed by atoms with Crippen LogP contribution >= 0.6 is 11.6 Å². The van der Waals surface area contributed by atoms with Crippen molar-refractivity contribution in [2.45, 2.75) is 18.9 Å². The van der Waals surface area contributed by atoms with Gasteiger partial charge in [0.15, 0.2) is 0 Å². The SMILES string of the molecule is O=C(NCCc1ccccc1Cl)[C@@H]1Cc2ccccc2N1C(=O)c1ccccc1. The largest absolute Gasteiger partial charge is 0.354 e. The first-order valence-electron chi connectivity index (χ1n) is 9.63. The van der Waals surface area contributed by atoms with Crippen molar-refractivity contribution in [3.05, 3.63) is 101 Å². The summed E-state index contributed by atoms with van der Waals surface area (Å²) in [4.78, 5) is 27.8. The van der Waals surface area contributed by atoms with Gasteiger partial charge in [0.25, 0.3) is 5.91 Å². The molecule has 3 aromatic carbocycles. The highest BCUT2D eigenvalue weighted by molar-refractivity contribution is 6.31. The molecule has 0 bridgehead atoms. The highest BCUT2D eigenvalue weighted by atomic mass is 35.5. The number of amides is 2. The highest BCUT2D eigenvalue weighted by Crippen LogP contribution is 2.33. The molecular formula is C24H21ClN2O2. The number of carbonyl (C=O) groups is 2. The summed E-state index contributed by atoms with van der Waals surface area (Å²) in [6.07, 6.45) is 1.14. The van der Waals surface area contributed by atoms with Gasteiger partial charge in [-0.1, -0.05) is 66.2 Å². The molecule has 0 aliphatic carbocycles. The maximum absolute atomic E-state index is 13.2. The van der Waals surface area contributed by atoms with Crippen LogP contribution in [0.4, 0.5) is 5.69 Å². The lowest BCUT2D eigenvalue weighted by Crippen LogP contribution is -2.48. The summed E-state index contributed by atoms with van der Waals surface area (Å²) in [5.74, 6) is -0.320. The normalized spacial score (nSPS) is 15.1. The van der Waals surface area contributed by atoms with Crippen LogP contribution in [0.3, 0.4) is 0 Å². The third-order valence-corrected chi connectivity index (χ3v) is 5.54. The van der Waals surface area contributed by atoms with E-state index in [1.54, 1.807) is 17.0 Å². The zero-order chi connectivity index (χ0) is 20.2. The Kier molecular flexibility index (Phi) is 5.63. The summed E-state index contributed by atoms with van der Waals surface area (Å²) in [5.41, 5.74) is 3.36. The molecular weight excluding hydrogens is 384 g/mol. The van der Waals surface area contributed by atoms with Crippen LogP contribution in [0.5, 0.6) is 0 Å². The van der Waals surface area contributed by atoms with E-state index < -0.39 is 6.04 Å². The predicted molar refractivity (Wildman–Crippen MR) is 115 cm³/mol. The molecule has 0 radical (unpaired) electrons. The molecule has 1 heterocycles. The number of para-hydroxylation sites is 1. The molecule has 4 nitrogen and oxygen atoms in total. The maximum Gasteiger partial charge on any atom is 0.259 e. The fourth-order valence-electron chi connectivity index (χ4n) is 3.71. The summed E-state index contributed by atoms with van der Waals surface area (Å²) in [5, 5.41) is 3.67. The van der Waals surface area contributed by atoms with Crippen LogP contribution in [0.2, 0.25) is 5.02 Å². The average Bonchev–Trinajstić information content (AvgIpc) is 3.15. The number of fused-ring (bicyclic) bond motifs is 1. The molecule has 0 fully saturated rings. The minimum Gasteiger partial charge on any atom is -0.354 e. The topological polar surface area (TPSA) is 49.4 Å². The molecule has 0 aromatic heterocycles. The van der Waals surface area contributed by atoms with Crippen LogP contribution in [-0.4, -0.2) is 24.4 Å². The van der Waals surface area contributed by atoms with Crippen molar-refractivity contribution in [1.29, 1.82) is 0 Å². The van der Waals surface area contributed by atoms with Crippen molar-refractivity contribution >= 4 is 29.1 Å². The smallest absolute Gasteiger partial charge is 0.259 e. The molecule has 1 atom stereocenters. The van der Waals surface area contributed by atoms with E-state index in [-0.39, 0.29) is 11.8 Å². The number of hydrogen-bond donors (Lipinski definition) is 1. The first-order valence-corrected chi connectivity index (χ1v) is 10.0. The monoisotopic (exact) mass is 404 g/mol. The summed E-state index contributed by atoms with van der Waals surface area (Å²) >= 11 is 6.19. The van der Waals surface area contributed by atoms with Crippen LogP contribution < -0.4 is 10.2 Å². The number of carbonyl (C=O) groups excluding carboxylic acids is 2. The summed E-state index contributed by atoms with van der Waals surface area (Å²) in [6, 6.07) is 23.8. The van der Waals surface area contributed by atoms with Crippen LogP contribution in [0.1, 0.15) is 21.5 Å². The fourth-order valence-corrected chi connectivity index (χ4v) is 3.94. The second kappa shape index (κ2) is 8.50. The number of rotatable bonds is 5. The van der Waals surface area contributed by atoms with E-state index >= 15 is 0 Å². The molecule has 0 saturated carbocycles. The van der Waals surface area contributed by atoms with Crippen LogP contribution in [-0.2, 0) is 17.6 Å². The van der Waals surface area contributed by atoms with E-state index in [1.807, 2.05) is 66.7 Å². The second-order valence-electron chi connectivity index (χ2n) is 7.02. The van der Waals surface area contributed by atoms with Gasteiger partial charge in [-0.2, -0.15) is 0 Å². The number of anilines is 1. The van der Waals surface area contributed by atoms with Gasteiger partial charge in [-0.05, 0) is 41.8 Å². The molecule has 0 spiro atoms. The predicted octanol–water partition coefficient (Wildman–Crippen LogP) is 4.27. The Morgan fingerprint density at radius 1 is 0.931 bits per heavy atom. The van der Waals surface area contributed by atoms with Crippen molar-refractivity contribution in [2.24, 2.45) is 0 Å². The number of nitrogens with one attached hydrogen (secondary N) is 1. The van der Waals surface area contributed by atoms with Crippen LogP contribution in [0.25, 0.3) is 0 Å². The first kappa shape index (κ1) is 19.2. The van der Waals surface area contributed by atoms with E-state index in [1.165, 1.54) is 0 Å². The molecule has 4 rings (SSSR count). The van der Waals surface area contributed by atoms with Gasteiger partial charge in [-0.3, -0.25) is 14.5 Å². The molecule has 3 aromatic rings. The van der Waals surface area contributed by atoms with E-state index in [0.29, 0.717) is 30.0 Å². The summed E-state index contributed by atoms with van der Waals surface area (Å²) in [7, 11) is 0. The van der Waals surface area contributed by atoms with Gasteiger partial charge >= 0.3 is 0 Å². The van der Waals surface area contributed by atoms with Gasteiger partial charge < -0.3 is 5.32 Å². The Bertz CT molecular complexity index is 1040. The van der Waals surface area contributed by atoms with Crippen molar-refractivity contribution < 1.29 is 9.59 Å². The quantitative estimate of drug-likeness (QED) is 0.690. The molecule has 5 heteroatoms. The van der Waals surface area contributed by atoms with Crippen LogP contribution in [0.15, 0.2) is 78.9 Å². The molecule has 1 aliphatic heterocycles. The second-order valence-corrected chi connectivity index (χ2v) is 7.43. The first-order chi connectivity index (χ1) is 14.1. The van der Waals surface area contributed by atoms with Gasteiger partial charge in [-0.25, -0.2) is 0 Å². The molecule has 29 heavy (non-hydrogen) atoms. The van der Waals surface area contributed by atoms with Gasteiger partial charge in [0, 0.05) is 29.2 Å². The summed E-state index contributed by atoms with van der Waals surface area (Å²) in [6.45, 7) is 0.461. The van der Waals surface area contributed by atoms with Crippen molar-refractivity contribution in [2.75, 3.05) is 11.4 Å². The number of nitrogens with zero attached hydrogens (tertiary/aromatic N) is 1. The molecule has 1 N–H and O–H groups in total. The standard InChI is InChI=1S/C24H21ClN2O2/c25-20-12-6-4-8-17(20)14-15-26-23(28)22-16-19-11-5-7-13-21(19)27(22)24(29)18-9-2-1-3-10-18/h1-13,22H,14-16H2,(H,26,28)/t22-/m0/s1. The number of halogens is 1. The van der Waals surface area contributed by atoms with Gasteiger partial charge in [0.1, 0.15) is 6.04 Å². The molecule has 0 unspecified atom stereocenters. The highest BCUT2D eigenvalue weighted by Gasteiger charge is 2.38. The molecule has 1 aliphatic rings. The Balaban J connectivity index is 1.51. The average molecular weight is 405 g/mol. The van der Waals surface area contributed by atoms with E-state index in [4.69, 9.17) is 11.6 Å². The number of benzene rings is 3. The van der Waals surface area contributed by atoms with Crippen LogP contribution in [0, 0.1) is 0 Å². The lowest BCUT2D eigenvalue weighted by atomic mass is 10.1. The summed E-state index contributed by atoms with van der Waals surface area (Å²) < 4.78 is 0. The van der Waals surface area contributed by atoms with Gasteiger partial charge in [-0.15, -0.1) is 0 Å². The van der Waals surface area contributed by atoms with E-state index in [2.05, 4.69) is 5.32 Å². The zero-order valence-corrected chi connectivity index (χ0v) is 16.6. The molecule has 2 amide bonds. The third-order valence-electron chi connectivity index (χ3n) is 5.17. The van der Waals surface area contributed by atoms with Crippen molar-refractivity contribution in [1.82, 2.24) is 5.32 Å². The van der Waals surface area contributed by atoms with Crippen molar-refractivity contribution in [3.8, 4) is 0 Å². The lowest BCUT2D eigenvalue weighted by molar-refractivity contribution is -0.122. The fraction of sp³-hybridized carbons (Fsp3) is 0.167.